The normalized spacial score (nSPS) is 22.5. The van der Waals surface area contributed by atoms with Crippen LogP contribution in [0.15, 0.2) is 18.2 Å². The maximum Gasteiger partial charge on any atom is 0.416 e. The summed E-state index contributed by atoms with van der Waals surface area (Å²) in [5, 5.41) is 3.27. The first kappa shape index (κ1) is 16.0. The Kier molecular flexibility index (Phi) is 4.42. The fraction of sp³-hybridized carbons (Fsp3) is 0.562. The largest absolute Gasteiger partial charge is 0.416 e. The van der Waals surface area contributed by atoms with E-state index in [1.807, 2.05) is 6.92 Å². The van der Waals surface area contributed by atoms with Gasteiger partial charge in [0, 0.05) is 5.56 Å². The number of carbonyl (C=O) groups is 1. The molecule has 1 fully saturated rings. The smallest absolute Gasteiger partial charge is 0.305 e. The Hall–Kier alpha value is -1.36. The summed E-state index contributed by atoms with van der Waals surface area (Å²) in [6.07, 6.45) is -1.13. The number of aryl methyl sites for hydroxylation is 1. The molecule has 5 heteroatoms. The van der Waals surface area contributed by atoms with Gasteiger partial charge in [0.05, 0.1) is 11.1 Å². The van der Waals surface area contributed by atoms with E-state index in [2.05, 4.69) is 5.32 Å². The molecule has 0 spiro atoms. The molecule has 0 amide bonds. The molecule has 0 radical (unpaired) electrons. The molecule has 21 heavy (non-hydrogen) atoms. The number of alkyl halides is 3. The third-order valence-electron chi connectivity index (χ3n) is 4.15. The van der Waals surface area contributed by atoms with Gasteiger partial charge in [0.15, 0.2) is 5.78 Å². The van der Waals surface area contributed by atoms with Crippen LogP contribution in [0.3, 0.4) is 0 Å². The van der Waals surface area contributed by atoms with Crippen LogP contribution in [-0.4, -0.2) is 17.9 Å². The highest BCUT2D eigenvalue weighted by Crippen LogP contribution is 2.33. The van der Waals surface area contributed by atoms with Gasteiger partial charge in [0.25, 0.3) is 0 Å². The predicted molar refractivity (Wildman–Crippen MR) is 75.4 cm³/mol. The Bertz CT molecular complexity index is 531. The van der Waals surface area contributed by atoms with Crippen LogP contribution in [0, 0.1) is 6.92 Å². The van der Waals surface area contributed by atoms with Gasteiger partial charge < -0.3 is 5.32 Å². The molecular weight excluding hydrogens is 279 g/mol. The van der Waals surface area contributed by atoms with Gasteiger partial charge in [0.2, 0.25) is 0 Å². The molecule has 0 bridgehead atoms. The van der Waals surface area contributed by atoms with Crippen LogP contribution in [0.25, 0.3) is 0 Å². The van der Waals surface area contributed by atoms with Gasteiger partial charge in [-0.3, -0.25) is 4.79 Å². The van der Waals surface area contributed by atoms with E-state index >= 15 is 0 Å². The molecular formula is C16H20F3NO. The van der Waals surface area contributed by atoms with Gasteiger partial charge in [-0.2, -0.15) is 13.2 Å². The molecule has 2 rings (SSSR count). The van der Waals surface area contributed by atoms with Crippen molar-refractivity contribution in [3.63, 3.8) is 0 Å². The van der Waals surface area contributed by atoms with Crippen molar-refractivity contribution in [2.45, 2.75) is 51.2 Å². The molecule has 0 saturated carbocycles. The summed E-state index contributed by atoms with van der Waals surface area (Å²) in [7, 11) is 0. The van der Waals surface area contributed by atoms with Crippen molar-refractivity contribution in [1.82, 2.24) is 5.32 Å². The summed E-state index contributed by atoms with van der Waals surface area (Å²) in [4.78, 5) is 12.8. The van der Waals surface area contributed by atoms with Crippen LogP contribution < -0.4 is 5.32 Å². The fourth-order valence-corrected chi connectivity index (χ4v) is 3.11. The topological polar surface area (TPSA) is 29.1 Å². The van der Waals surface area contributed by atoms with E-state index in [-0.39, 0.29) is 5.78 Å². The zero-order chi connectivity index (χ0) is 15.7. The first-order chi connectivity index (χ1) is 9.80. The number of benzene rings is 1. The summed E-state index contributed by atoms with van der Waals surface area (Å²) in [6, 6.07) is 3.37. The number of Topliss-reactive ketones (excluding diaryl/α,β-unsaturated/α-hetero) is 1. The molecule has 1 aliphatic heterocycles. The Labute approximate surface area is 122 Å². The third-order valence-corrected chi connectivity index (χ3v) is 4.15. The SMILES string of the molecule is CCCC1(C(=O)c2ccc(C(F)(F)F)cc2C)CCCN1. The fourth-order valence-electron chi connectivity index (χ4n) is 3.11. The quantitative estimate of drug-likeness (QED) is 0.847. The average molecular weight is 299 g/mol. The highest BCUT2D eigenvalue weighted by Gasteiger charge is 2.41. The third kappa shape index (κ3) is 3.12. The van der Waals surface area contributed by atoms with Crippen molar-refractivity contribution in [1.29, 1.82) is 0 Å². The van der Waals surface area contributed by atoms with E-state index in [0.29, 0.717) is 17.5 Å². The Morgan fingerprint density at radius 2 is 2.10 bits per heavy atom. The molecule has 1 saturated heterocycles. The van der Waals surface area contributed by atoms with Crippen LogP contribution >= 0.6 is 0 Å². The highest BCUT2D eigenvalue weighted by atomic mass is 19.4. The second-order valence-corrected chi connectivity index (χ2v) is 5.72. The Balaban J connectivity index is 2.35. The summed E-state index contributed by atoms with van der Waals surface area (Å²) in [5.74, 6) is -0.0759. The Morgan fingerprint density at radius 1 is 1.38 bits per heavy atom. The van der Waals surface area contributed by atoms with Gasteiger partial charge in [-0.05, 0) is 50.4 Å². The molecule has 1 aromatic carbocycles. The van der Waals surface area contributed by atoms with Crippen molar-refractivity contribution in [3.8, 4) is 0 Å². The van der Waals surface area contributed by atoms with Crippen LogP contribution in [0.2, 0.25) is 0 Å². The van der Waals surface area contributed by atoms with Crippen LogP contribution in [0.5, 0.6) is 0 Å². The zero-order valence-electron chi connectivity index (χ0n) is 12.3. The molecule has 1 aliphatic rings. The Morgan fingerprint density at radius 3 is 2.57 bits per heavy atom. The van der Waals surface area contributed by atoms with E-state index in [4.69, 9.17) is 0 Å². The lowest BCUT2D eigenvalue weighted by Crippen LogP contribution is -2.47. The average Bonchev–Trinajstić information content (AvgIpc) is 2.87. The number of rotatable bonds is 4. The number of hydrogen-bond donors (Lipinski definition) is 1. The maximum atomic E-state index is 12.8. The molecule has 1 aromatic rings. The summed E-state index contributed by atoms with van der Waals surface area (Å²) < 4.78 is 38.1. The lowest BCUT2D eigenvalue weighted by molar-refractivity contribution is -0.137. The van der Waals surface area contributed by atoms with Crippen LogP contribution in [0.4, 0.5) is 13.2 Å². The van der Waals surface area contributed by atoms with E-state index in [0.717, 1.165) is 37.9 Å². The molecule has 1 unspecified atom stereocenters. The van der Waals surface area contributed by atoms with Gasteiger partial charge in [-0.15, -0.1) is 0 Å². The summed E-state index contributed by atoms with van der Waals surface area (Å²) in [5.41, 5.74) is -0.524. The number of hydrogen-bond acceptors (Lipinski definition) is 2. The first-order valence-corrected chi connectivity index (χ1v) is 7.28. The zero-order valence-corrected chi connectivity index (χ0v) is 12.3. The van der Waals surface area contributed by atoms with E-state index in [9.17, 15) is 18.0 Å². The van der Waals surface area contributed by atoms with Crippen molar-refractivity contribution >= 4 is 5.78 Å². The van der Waals surface area contributed by atoms with Crippen molar-refractivity contribution in [2.75, 3.05) is 6.54 Å². The molecule has 0 aliphatic carbocycles. The molecule has 0 aromatic heterocycles. The van der Waals surface area contributed by atoms with Crippen molar-refractivity contribution in [3.05, 3.63) is 34.9 Å². The minimum absolute atomic E-state index is 0.0759. The molecule has 1 atom stereocenters. The number of ketones is 1. The van der Waals surface area contributed by atoms with E-state index in [1.54, 1.807) is 6.92 Å². The van der Waals surface area contributed by atoms with E-state index < -0.39 is 17.3 Å². The van der Waals surface area contributed by atoms with Crippen molar-refractivity contribution in [2.24, 2.45) is 0 Å². The number of carbonyl (C=O) groups excluding carboxylic acids is 1. The van der Waals surface area contributed by atoms with Gasteiger partial charge in [-0.25, -0.2) is 0 Å². The number of halogens is 3. The minimum Gasteiger partial charge on any atom is -0.305 e. The lowest BCUT2D eigenvalue weighted by atomic mass is 9.82. The maximum absolute atomic E-state index is 12.8. The van der Waals surface area contributed by atoms with Crippen LogP contribution in [0.1, 0.15) is 54.1 Å². The van der Waals surface area contributed by atoms with Gasteiger partial charge in [-0.1, -0.05) is 19.4 Å². The van der Waals surface area contributed by atoms with Crippen molar-refractivity contribution < 1.29 is 18.0 Å². The highest BCUT2D eigenvalue weighted by molar-refractivity contribution is 6.04. The van der Waals surface area contributed by atoms with Crippen LogP contribution in [-0.2, 0) is 6.18 Å². The second-order valence-electron chi connectivity index (χ2n) is 5.72. The first-order valence-electron chi connectivity index (χ1n) is 7.28. The monoisotopic (exact) mass is 299 g/mol. The van der Waals surface area contributed by atoms with Gasteiger partial charge in [0.1, 0.15) is 0 Å². The molecule has 1 heterocycles. The van der Waals surface area contributed by atoms with Gasteiger partial charge >= 0.3 is 6.18 Å². The second kappa shape index (κ2) is 5.79. The molecule has 2 nitrogen and oxygen atoms in total. The minimum atomic E-state index is -4.38. The predicted octanol–water partition coefficient (Wildman–Crippen LogP) is 4.12. The standard InChI is InChI=1S/C16H20F3NO/c1-3-7-15(8-4-9-20-15)14(21)13-6-5-12(10-11(13)2)16(17,18)19/h5-6,10,20H,3-4,7-9H2,1-2H3. The summed E-state index contributed by atoms with van der Waals surface area (Å²) >= 11 is 0. The van der Waals surface area contributed by atoms with E-state index in [1.165, 1.54) is 6.07 Å². The molecule has 1 N–H and O–H groups in total. The summed E-state index contributed by atoms with van der Waals surface area (Å²) in [6.45, 7) is 4.36. The molecule has 116 valence electrons. The lowest BCUT2D eigenvalue weighted by Gasteiger charge is -2.28. The number of nitrogens with one attached hydrogen (secondary N) is 1.